The average molecular weight is 830 g/mol. The van der Waals surface area contributed by atoms with Crippen LogP contribution in [0.15, 0.2) is 54.6 Å². The largest absolute Gasteiger partial charge is 0.508 e. The van der Waals surface area contributed by atoms with Crippen LogP contribution in [0.1, 0.15) is 72.2 Å². The monoisotopic (exact) mass is 829 g/mol. The van der Waals surface area contributed by atoms with Gasteiger partial charge >= 0.3 is 11.9 Å². The smallest absolute Gasteiger partial charge is 0.338 e. The fraction of sp³-hybridized carbons (Fsp3) is 0.532. The number of fused-ring (bicyclic) bond motifs is 6. The van der Waals surface area contributed by atoms with Crippen molar-refractivity contribution in [1.29, 1.82) is 0 Å². The highest BCUT2D eigenvalue weighted by molar-refractivity contribution is 5.91. The number of aromatic nitrogens is 1. The Balaban J connectivity index is 0.000000318. The van der Waals surface area contributed by atoms with Crippen LogP contribution in [-0.4, -0.2) is 120 Å². The molecule has 2 fully saturated rings. The van der Waals surface area contributed by atoms with Crippen LogP contribution >= 0.6 is 0 Å². The van der Waals surface area contributed by atoms with Crippen molar-refractivity contribution in [2.75, 3.05) is 76.4 Å². The van der Waals surface area contributed by atoms with Crippen LogP contribution in [-0.2, 0) is 25.4 Å². The summed E-state index contributed by atoms with van der Waals surface area (Å²) in [4.78, 5) is 35.4. The summed E-state index contributed by atoms with van der Waals surface area (Å²) in [6, 6.07) is 17.1. The van der Waals surface area contributed by atoms with E-state index in [1.807, 2.05) is 24.3 Å². The van der Waals surface area contributed by atoms with Gasteiger partial charge in [0, 0.05) is 49.4 Å². The maximum absolute atomic E-state index is 13.5. The molecule has 13 nitrogen and oxygen atoms in total. The van der Waals surface area contributed by atoms with E-state index in [0.29, 0.717) is 41.3 Å². The molecule has 1 aliphatic carbocycles. The number of carbonyl (C=O) groups excluding carboxylic acids is 2. The van der Waals surface area contributed by atoms with Gasteiger partial charge in [0.05, 0.1) is 53.1 Å². The molecule has 0 radical (unpaired) electrons. The number of hydrogen-bond donors (Lipinski definition) is 2. The molecule has 0 bridgehead atoms. The number of aromatic amines is 1. The number of phenolic OH excluding ortho intramolecular Hbond substituents is 1. The van der Waals surface area contributed by atoms with Crippen molar-refractivity contribution in [2.45, 2.75) is 63.7 Å². The molecule has 3 aromatic carbocycles. The predicted octanol–water partition coefficient (Wildman–Crippen LogP) is 7.25. The zero-order valence-corrected chi connectivity index (χ0v) is 36.8. The summed E-state index contributed by atoms with van der Waals surface area (Å²) in [5.41, 5.74) is 5.07. The average Bonchev–Trinajstić information content (AvgIpc) is 3.63. The summed E-state index contributed by atoms with van der Waals surface area (Å²) in [5, 5.41) is 10.7. The summed E-state index contributed by atoms with van der Waals surface area (Å²) in [6.07, 6.45) is 2.03. The van der Waals surface area contributed by atoms with Gasteiger partial charge in [-0.05, 0) is 111 Å². The summed E-state index contributed by atoms with van der Waals surface area (Å²) in [6.45, 7) is 7.25. The second kappa shape index (κ2) is 19.6. The van der Waals surface area contributed by atoms with Gasteiger partial charge in [-0.15, -0.1) is 0 Å². The summed E-state index contributed by atoms with van der Waals surface area (Å²) < 4.78 is 39.1. The minimum absolute atomic E-state index is 0.0170. The zero-order valence-electron chi connectivity index (χ0n) is 36.8. The fourth-order valence-electron chi connectivity index (χ4n) is 10.2. The molecule has 3 heterocycles. The molecular formula is C47H63N3O10. The van der Waals surface area contributed by atoms with E-state index in [9.17, 15) is 14.7 Å². The molecule has 0 amide bonds. The number of aromatic hydroxyl groups is 1. The molecule has 4 aromatic rings. The van der Waals surface area contributed by atoms with Gasteiger partial charge < -0.3 is 48.1 Å². The standard InChI is InChI=1S/C33H40N2O9.C14H23NO/c1-38-19-7-8-20-21-9-10-35-16-18-13-27(44-32(36)17-11-25(39-2)30(41-4)26(12-17)40-3)31(42-5)28(33(37)43-6)22(18)15-24(35)29(21)34-23(20)14-19;1-5-14(11(2)10-15(3)4)12-7-6-8-13(16)9-12/h7-8,11-12,14,18,22,24,27-28,31,34H,9-10,13,15-16H2,1-6H3;6-9,11,14,16H,5,10H2,1-4H3/t18-,22+,24-,27-,28+,31+;/m1./s1. The Kier molecular flexibility index (Phi) is 14.6. The van der Waals surface area contributed by atoms with E-state index >= 15 is 0 Å². The summed E-state index contributed by atoms with van der Waals surface area (Å²) in [7, 11) is 13.3. The summed E-state index contributed by atoms with van der Waals surface area (Å²) >= 11 is 0. The number of ether oxygens (including phenoxy) is 7. The maximum atomic E-state index is 13.5. The van der Waals surface area contributed by atoms with Crippen LogP contribution in [0.25, 0.3) is 10.9 Å². The van der Waals surface area contributed by atoms with Crippen molar-refractivity contribution in [3.63, 3.8) is 0 Å². The predicted molar refractivity (Wildman–Crippen MR) is 230 cm³/mol. The Morgan fingerprint density at radius 3 is 2.27 bits per heavy atom. The Morgan fingerprint density at radius 2 is 1.67 bits per heavy atom. The molecule has 2 aliphatic heterocycles. The second-order valence-corrected chi connectivity index (χ2v) is 16.5. The Bertz CT molecular complexity index is 2080. The minimum atomic E-state index is -0.670. The number of carbonyl (C=O) groups is 2. The van der Waals surface area contributed by atoms with Gasteiger partial charge in [0.1, 0.15) is 23.7 Å². The third kappa shape index (κ3) is 9.18. The van der Waals surface area contributed by atoms with E-state index in [-0.39, 0.29) is 29.4 Å². The van der Waals surface area contributed by atoms with E-state index in [1.165, 1.54) is 50.6 Å². The lowest BCUT2D eigenvalue weighted by molar-refractivity contribution is -0.176. The van der Waals surface area contributed by atoms with E-state index in [2.05, 4.69) is 54.9 Å². The lowest BCUT2D eigenvalue weighted by Gasteiger charge is -2.52. The third-order valence-corrected chi connectivity index (χ3v) is 12.8. The van der Waals surface area contributed by atoms with Gasteiger partial charge in [0.15, 0.2) is 11.5 Å². The Morgan fingerprint density at radius 1 is 0.933 bits per heavy atom. The van der Waals surface area contributed by atoms with Crippen molar-refractivity contribution in [3.8, 4) is 28.7 Å². The first kappa shape index (κ1) is 44.6. The zero-order chi connectivity index (χ0) is 43.2. The number of methoxy groups -OCH3 is 6. The summed E-state index contributed by atoms with van der Waals surface area (Å²) in [5.74, 6) is 1.93. The van der Waals surface area contributed by atoms with Crippen molar-refractivity contribution < 1.29 is 47.9 Å². The van der Waals surface area contributed by atoms with Crippen molar-refractivity contribution in [3.05, 3.63) is 77.0 Å². The van der Waals surface area contributed by atoms with E-state index in [0.717, 1.165) is 50.2 Å². The molecule has 3 aliphatic rings. The number of benzene rings is 3. The van der Waals surface area contributed by atoms with Crippen LogP contribution in [0.5, 0.6) is 28.7 Å². The van der Waals surface area contributed by atoms with Crippen molar-refractivity contribution in [2.24, 2.45) is 23.7 Å². The van der Waals surface area contributed by atoms with Crippen LogP contribution in [0.2, 0.25) is 0 Å². The van der Waals surface area contributed by atoms with E-state index < -0.39 is 24.1 Å². The normalized spacial score (nSPS) is 23.2. The number of rotatable bonds is 13. The van der Waals surface area contributed by atoms with Crippen LogP contribution < -0.4 is 18.9 Å². The number of H-pyrrole nitrogens is 1. The lowest BCUT2D eigenvalue weighted by atomic mass is 9.63. The molecule has 8 atom stereocenters. The van der Waals surface area contributed by atoms with Crippen LogP contribution in [0.3, 0.4) is 0 Å². The molecule has 60 heavy (non-hydrogen) atoms. The number of hydrogen-bond acceptors (Lipinski definition) is 12. The highest BCUT2D eigenvalue weighted by Gasteiger charge is 2.54. The topological polar surface area (TPSA) is 141 Å². The SMILES string of the molecule is CCC(c1cccc(O)c1)C(C)CN(C)C.COC(=O)[C@H]1[C@H]2C[C@@H]3c4[nH]c5cc(OC)ccc5c4CCN3C[C@H]2C[C@@H](OC(=O)c2cc(OC)c(OC)c(OC)c2)[C@@H]1OC. The van der Waals surface area contributed by atoms with Gasteiger partial charge in [-0.1, -0.05) is 26.0 Å². The first-order valence-electron chi connectivity index (χ1n) is 20.9. The Hall–Kier alpha value is -4.98. The first-order valence-corrected chi connectivity index (χ1v) is 20.9. The lowest BCUT2D eigenvalue weighted by Crippen LogP contribution is -2.58. The molecular weight excluding hydrogens is 767 g/mol. The van der Waals surface area contributed by atoms with Crippen LogP contribution in [0, 0.1) is 23.7 Å². The first-order chi connectivity index (χ1) is 28.9. The number of nitrogens with one attached hydrogen (secondary N) is 1. The van der Waals surface area contributed by atoms with Gasteiger partial charge in [0.2, 0.25) is 5.75 Å². The molecule has 1 saturated carbocycles. The molecule has 2 unspecified atom stereocenters. The van der Waals surface area contributed by atoms with Gasteiger partial charge in [0.25, 0.3) is 0 Å². The van der Waals surface area contributed by atoms with E-state index in [4.69, 9.17) is 33.2 Å². The van der Waals surface area contributed by atoms with Crippen LogP contribution in [0.4, 0.5) is 0 Å². The quantitative estimate of drug-likeness (QED) is 0.131. The Labute approximate surface area is 354 Å². The molecule has 13 heteroatoms. The molecule has 1 saturated heterocycles. The van der Waals surface area contributed by atoms with Crippen molar-refractivity contribution in [1.82, 2.24) is 14.8 Å². The molecule has 326 valence electrons. The molecule has 7 rings (SSSR count). The molecule has 0 spiro atoms. The van der Waals surface area contributed by atoms with Crippen molar-refractivity contribution >= 4 is 22.8 Å². The minimum Gasteiger partial charge on any atom is -0.508 e. The van der Waals surface area contributed by atoms with E-state index in [1.54, 1.807) is 32.4 Å². The van der Waals surface area contributed by atoms with Gasteiger partial charge in [-0.3, -0.25) is 9.69 Å². The fourth-order valence-corrected chi connectivity index (χ4v) is 10.2. The number of nitrogens with zero attached hydrogens (tertiary/aromatic N) is 2. The highest BCUT2D eigenvalue weighted by atomic mass is 16.6. The molecule has 1 aromatic heterocycles. The molecule has 2 N–H and O–H groups in total. The second-order valence-electron chi connectivity index (χ2n) is 16.5. The van der Waals surface area contributed by atoms with Gasteiger partial charge in [-0.25, -0.2) is 4.79 Å². The highest BCUT2D eigenvalue weighted by Crippen LogP contribution is 2.51. The number of esters is 2. The maximum Gasteiger partial charge on any atom is 0.338 e. The number of piperidine rings is 1. The van der Waals surface area contributed by atoms with Gasteiger partial charge in [-0.2, -0.15) is 0 Å². The number of phenols is 1. The third-order valence-electron chi connectivity index (χ3n) is 12.8.